The number of rotatable bonds is 3. The van der Waals surface area contributed by atoms with Crippen LogP contribution in [0.4, 0.5) is 5.69 Å². The Balaban J connectivity index is 1.99. The highest BCUT2D eigenvalue weighted by Crippen LogP contribution is 2.45. The van der Waals surface area contributed by atoms with Crippen LogP contribution in [0.1, 0.15) is 53.9 Å². The van der Waals surface area contributed by atoms with Crippen LogP contribution in [-0.4, -0.2) is 16.8 Å². The standard InChI is InChI=1S/C27H26ClNO3S/c1-15-9-10-17(27(3,4)5)13-20(15)23(30)21-22(25-16(2)11-12-33-25)29(26(32)24(21)31)19-8-6-7-18(28)14-19/h6-14,22,30H,1-5H3/b23-21+. The van der Waals surface area contributed by atoms with Gasteiger partial charge in [0.1, 0.15) is 11.8 Å². The zero-order valence-corrected chi connectivity index (χ0v) is 20.8. The van der Waals surface area contributed by atoms with E-state index in [1.54, 1.807) is 24.3 Å². The molecule has 4 rings (SSSR count). The van der Waals surface area contributed by atoms with Gasteiger partial charge in [-0.3, -0.25) is 14.5 Å². The molecule has 1 aliphatic rings. The minimum atomic E-state index is -0.735. The first-order valence-corrected chi connectivity index (χ1v) is 12.0. The van der Waals surface area contributed by atoms with Crippen LogP contribution in [0.15, 0.2) is 59.5 Å². The molecule has 0 spiro atoms. The Kier molecular flexibility index (Phi) is 5.97. The molecule has 1 aromatic heterocycles. The lowest BCUT2D eigenvalue weighted by Gasteiger charge is -2.25. The molecule has 33 heavy (non-hydrogen) atoms. The van der Waals surface area contributed by atoms with Crippen molar-refractivity contribution in [3.8, 4) is 0 Å². The Hall–Kier alpha value is -2.89. The molecule has 0 saturated carbocycles. The van der Waals surface area contributed by atoms with Crippen LogP contribution in [0.3, 0.4) is 0 Å². The third-order valence-electron chi connectivity index (χ3n) is 6.04. The molecule has 1 fully saturated rings. The number of carbonyl (C=O) groups excluding carboxylic acids is 2. The van der Waals surface area contributed by atoms with Gasteiger partial charge in [0.05, 0.1) is 5.57 Å². The molecular weight excluding hydrogens is 454 g/mol. The van der Waals surface area contributed by atoms with Crippen molar-refractivity contribution >= 4 is 46.1 Å². The molecular formula is C27H26ClNO3S. The van der Waals surface area contributed by atoms with Gasteiger partial charge < -0.3 is 5.11 Å². The second kappa shape index (κ2) is 8.47. The molecule has 1 aliphatic heterocycles. The Morgan fingerprint density at radius 3 is 2.36 bits per heavy atom. The summed E-state index contributed by atoms with van der Waals surface area (Å²) in [7, 11) is 0. The molecule has 2 heterocycles. The lowest BCUT2D eigenvalue weighted by atomic mass is 9.84. The van der Waals surface area contributed by atoms with Crippen molar-refractivity contribution in [2.75, 3.05) is 4.90 Å². The molecule has 6 heteroatoms. The van der Waals surface area contributed by atoms with E-state index in [0.29, 0.717) is 16.3 Å². The quantitative estimate of drug-likeness (QED) is 0.251. The predicted octanol–water partition coefficient (Wildman–Crippen LogP) is 6.94. The normalized spacial score (nSPS) is 18.2. The predicted molar refractivity (Wildman–Crippen MR) is 135 cm³/mol. The van der Waals surface area contributed by atoms with Crippen molar-refractivity contribution in [3.63, 3.8) is 0 Å². The highest BCUT2D eigenvalue weighted by atomic mass is 35.5. The molecule has 0 bridgehead atoms. The molecule has 1 amide bonds. The maximum atomic E-state index is 13.4. The fraction of sp³-hybridized carbons (Fsp3) is 0.259. The van der Waals surface area contributed by atoms with Crippen molar-refractivity contribution in [1.29, 1.82) is 0 Å². The number of benzene rings is 2. The number of thiophene rings is 1. The number of ketones is 1. The van der Waals surface area contributed by atoms with Crippen molar-refractivity contribution in [3.05, 3.63) is 91.6 Å². The summed E-state index contributed by atoms with van der Waals surface area (Å²) in [6.07, 6.45) is 0. The van der Waals surface area contributed by atoms with E-state index in [9.17, 15) is 14.7 Å². The number of aliphatic hydroxyl groups is 1. The molecule has 3 aromatic rings. The smallest absolute Gasteiger partial charge is 0.300 e. The topological polar surface area (TPSA) is 57.6 Å². The monoisotopic (exact) mass is 479 g/mol. The van der Waals surface area contributed by atoms with Crippen molar-refractivity contribution in [2.24, 2.45) is 0 Å². The Labute approximate surface area is 203 Å². The number of halogens is 1. The van der Waals surface area contributed by atoms with Crippen LogP contribution in [0, 0.1) is 13.8 Å². The van der Waals surface area contributed by atoms with Gasteiger partial charge in [-0.2, -0.15) is 0 Å². The van der Waals surface area contributed by atoms with E-state index in [1.807, 2.05) is 43.5 Å². The van der Waals surface area contributed by atoms with E-state index in [4.69, 9.17) is 11.6 Å². The zero-order valence-electron chi connectivity index (χ0n) is 19.3. The average molecular weight is 480 g/mol. The van der Waals surface area contributed by atoms with E-state index in [1.165, 1.54) is 16.2 Å². The maximum Gasteiger partial charge on any atom is 0.300 e. The summed E-state index contributed by atoms with van der Waals surface area (Å²) in [5.74, 6) is -1.54. The first kappa shape index (κ1) is 23.3. The van der Waals surface area contributed by atoms with E-state index in [2.05, 4.69) is 20.8 Å². The largest absolute Gasteiger partial charge is 0.507 e. The average Bonchev–Trinajstić information content (AvgIpc) is 3.27. The SMILES string of the molecule is Cc1ccc(C(C)(C)C)cc1/C(O)=C1\C(=O)C(=O)N(c2cccc(Cl)c2)C1c1sccc1C. The van der Waals surface area contributed by atoms with Crippen molar-refractivity contribution in [2.45, 2.75) is 46.1 Å². The summed E-state index contributed by atoms with van der Waals surface area (Å²) >= 11 is 7.66. The molecule has 4 nitrogen and oxygen atoms in total. The van der Waals surface area contributed by atoms with Crippen molar-refractivity contribution < 1.29 is 14.7 Å². The first-order chi connectivity index (χ1) is 15.5. The highest BCUT2D eigenvalue weighted by molar-refractivity contribution is 7.10. The number of aliphatic hydroxyl groups excluding tert-OH is 1. The van der Waals surface area contributed by atoms with Gasteiger partial charge >= 0.3 is 0 Å². The van der Waals surface area contributed by atoms with Gasteiger partial charge in [-0.05, 0) is 71.7 Å². The summed E-state index contributed by atoms with van der Waals surface area (Å²) in [4.78, 5) is 28.9. The van der Waals surface area contributed by atoms with E-state index in [-0.39, 0.29) is 16.7 Å². The third kappa shape index (κ3) is 4.11. The second-order valence-electron chi connectivity index (χ2n) is 9.40. The molecule has 1 unspecified atom stereocenters. The Morgan fingerprint density at radius 1 is 1.03 bits per heavy atom. The molecule has 0 radical (unpaired) electrons. The summed E-state index contributed by atoms with van der Waals surface area (Å²) in [5.41, 5.74) is 3.84. The van der Waals surface area contributed by atoms with E-state index in [0.717, 1.165) is 21.6 Å². The van der Waals surface area contributed by atoms with Gasteiger partial charge in [-0.25, -0.2) is 0 Å². The van der Waals surface area contributed by atoms with Crippen LogP contribution in [-0.2, 0) is 15.0 Å². The zero-order chi connectivity index (χ0) is 24.1. The number of nitrogens with zero attached hydrogens (tertiary/aromatic N) is 1. The van der Waals surface area contributed by atoms with Crippen LogP contribution in [0.2, 0.25) is 5.02 Å². The van der Waals surface area contributed by atoms with Gasteiger partial charge in [-0.1, -0.05) is 50.6 Å². The number of amides is 1. The third-order valence-corrected chi connectivity index (χ3v) is 7.35. The van der Waals surface area contributed by atoms with Crippen LogP contribution in [0.25, 0.3) is 5.76 Å². The molecule has 2 aromatic carbocycles. The fourth-order valence-electron chi connectivity index (χ4n) is 4.13. The number of Topliss-reactive ketones (excluding diaryl/α,β-unsaturated/α-hetero) is 1. The summed E-state index contributed by atoms with van der Waals surface area (Å²) in [6.45, 7) is 10.1. The molecule has 1 atom stereocenters. The Morgan fingerprint density at radius 2 is 1.76 bits per heavy atom. The summed E-state index contributed by atoms with van der Waals surface area (Å²) in [5, 5.41) is 13.9. The lowest BCUT2D eigenvalue weighted by molar-refractivity contribution is -0.132. The fourth-order valence-corrected chi connectivity index (χ4v) is 5.34. The number of hydrogen-bond acceptors (Lipinski definition) is 4. The number of aryl methyl sites for hydroxylation is 2. The molecule has 170 valence electrons. The van der Waals surface area contributed by atoms with Crippen LogP contribution in [0.5, 0.6) is 0 Å². The van der Waals surface area contributed by atoms with Gasteiger partial charge in [0.25, 0.3) is 11.7 Å². The van der Waals surface area contributed by atoms with Gasteiger partial charge in [-0.15, -0.1) is 11.3 Å². The number of carbonyl (C=O) groups is 2. The van der Waals surface area contributed by atoms with Gasteiger partial charge in [0.15, 0.2) is 0 Å². The highest BCUT2D eigenvalue weighted by Gasteiger charge is 2.48. The van der Waals surface area contributed by atoms with Gasteiger partial charge in [0, 0.05) is 21.2 Å². The lowest BCUT2D eigenvalue weighted by Crippen LogP contribution is -2.29. The van der Waals surface area contributed by atoms with Crippen LogP contribution < -0.4 is 4.90 Å². The maximum absolute atomic E-state index is 13.4. The summed E-state index contributed by atoms with van der Waals surface area (Å²) in [6, 6.07) is 14.0. The molecule has 1 saturated heterocycles. The minimum Gasteiger partial charge on any atom is -0.507 e. The van der Waals surface area contributed by atoms with E-state index >= 15 is 0 Å². The number of anilines is 1. The molecule has 0 aliphatic carbocycles. The number of hydrogen-bond donors (Lipinski definition) is 1. The second-order valence-corrected chi connectivity index (χ2v) is 10.8. The first-order valence-electron chi connectivity index (χ1n) is 10.7. The van der Waals surface area contributed by atoms with Gasteiger partial charge in [0.2, 0.25) is 0 Å². The van der Waals surface area contributed by atoms with Crippen LogP contribution >= 0.6 is 22.9 Å². The minimum absolute atomic E-state index is 0.0969. The summed E-state index contributed by atoms with van der Waals surface area (Å²) < 4.78 is 0. The van der Waals surface area contributed by atoms with Crippen molar-refractivity contribution in [1.82, 2.24) is 0 Å². The Bertz CT molecular complexity index is 1300. The molecule has 1 N–H and O–H groups in total. The van der Waals surface area contributed by atoms with E-state index < -0.39 is 17.7 Å².